The van der Waals surface area contributed by atoms with Gasteiger partial charge < -0.3 is 87.5 Å². The van der Waals surface area contributed by atoms with Gasteiger partial charge in [0.2, 0.25) is 0 Å². The van der Waals surface area contributed by atoms with Crippen molar-refractivity contribution in [3.05, 3.63) is 140 Å². The number of hydrogen-bond acceptors (Lipinski definition) is 24. The number of aliphatic hydroxyl groups is 6. The molecular weight excluding hydrogens is 1740 g/mol. The molecule has 6 aromatic carbocycles. The Morgan fingerprint density at radius 3 is 0.717 bits per heavy atom. The molecule has 0 radical (unpaired) electrons. The molecule has 138 heavy (non-hydrogen) atoms. The number of aryl methyl sites for hydroxylation is 6. The quantitative estimate of drug-likeness (QED) is 0.0329. The van der Waals surface area contributed by atoms with Crippen molar-refractivity contribution in [2.24, 2.45) is 70.9 Å². The average Bonchev–Trinajstić information content (AvgIpc) is 0.673. The fraction of sp³-hybridized carbons (Fsp3) is 0.684. The molecule has 0 bridgehead atoms. The van der Waals surface area contributed by atoms with E-state index < -0.39 is 291 Å². The molecule has 0 spiro atoms. The lowest BCUT2D eigenvalue weighted by Crippen LogP contribution is -2.48. The van der Waals surface area contributed by atoms with Gasteiger partial charge in [0.15, 0.2) is 69.0 Å². The molecule has 20 atom stereocenters. The van der Waals surface area contributed by atoms with Crippen LogP contribution in [0.1, 0.15) is 341 Å². The Morgan fingerprint density at radius 1 is 0.297 bits per heavy atom. The minimum absolute atomic E-state index is 0.0204. The van der Waals surface area contributed by atoms with Crippen molar-refractivity contribution in [1.82, 2.24) is 29.4 Å². The zero-order valence-electron chi connectivity index (χ0n) is 139. The van der Waals surface area contributed by atoms with Crippen LogP contribution in [-0.4, -0.2) is 260 Å². The maximum absolute atomic E-state index is 11.1. The van der Waals surface area contributed by atoms with Crippen molar-refractivity contribution in [1.29, 1.82) is 0 Å². The third-order valence-corrected chi connectivity index (χ3v) is 25.6. The fourth-order valence-electron chi connectivity index (χ4n) is 19.1. The van der Waals surface area contributed by atoms with E-state index in [2.05, 4.69) is 0 Å². The van der Waals surface area contributed by atoms with Gasteiger partial charge in [0.25, 0.3) is 0 Å². The summed E-state index contributed by atoms with van der Waals surface area (Å²) >= 11 is 0. The van der Waals surface area contributed by atoms with Gasteiger partial charge in [0.1, 0.15) is 0 Å². The van der Waals surface area contributed by atoms with E-state index in [1.807, 2.05) is 13.8 Å². The van der Waals surface area contributed by atoms with Crippen LogP contribution in [0.25, 0.3) is 0 Å². The van der Waals surface area contributed by atoms with E-state index in [4.69, 9.17) is 135 Å². The third-order valence-electron chi connectivity index (χ3n) is 25.6. The number of fused-ring (bicyclic) bond motifs is 18. The number of ether oxygens (including phenoxy) is 12. The van der Waals surface area contributed by atoms with E-state index in [9.17, 15) is 30.6 Å². The minimum atomic E-state index is -3.06. The first-order valence-corrected chi connectivity index (χ1v) is 46.0. The zero-order chi connectivity index (χ0) is 150. The van der Waals surface area contributed by atoms with Crippen LogP contribution in [0, 0.1) is 70.9 Å². The molecule has 6 aromatic rings. The average molecular weight is 1970 g/mol. The van der Waals surface area contributed by atoms with Gasteiger partial charge >= 0.3 is 0 Å². The summed E-state index contributed by atoms with van der Waals surface area (Å²) in [7, 11) is 3.43. The summed E-state index contributed by atoms with van der Waals surface area (Å²) in [5.74, 6) is -14.8. The molecule has 6 fully saturated rings. The number of hydrogen-bond donors (Lipinski definition) is 6. The molecule has 768 valence electrons. The predicted molar refractivity (Wildman–Crippen MR) is 547 cm³/mol. The van der Waals surface area contributed by atoms with Crippen molar-refractivity contribution in [2.75, 3.05) is 163 Å². The Hall–Kier alpha value is -7.56. The van der Waals surface area contributed by atoms with Gasteiger partial charge in [-0.15, -0.1) is 0 Å². The van der Waals surface area contributed by atoms with Gasteiger partial charge in [-0.05, 0) is 326 Å². The first-order valence-electron chi connectivity index (χ1n) is 74.5. The number of benzene rings is 6. The summed E-state index contributed by atoms with van der Waals surface area (Å²) in [4.78, 5) is 6.36. The Morgan fingerprint density at radius 2 is 0.500 bits per heavy atom. The molecule has 12 heterocycles. The monoisotopic (exact) mass is 1970 g/mol. The highest BCUT2D eigenvalue weighted by Crippen LogP contribution is 2.52. The Kier molecular flexibility index (Phi) is 19.6. The standard InChI is InChI=1S/6C19H29NO3/c6*1-12(2)7-14-11-20-6-5-13-8-18(22-3)19(23-4)9-15(13)16(20)10-17(14)21/h6*8-9,12,14,16-17,21H,5-7,10-11H2,1-4H3/i4D3,5D2,6D2,10D2,14D,17D;1D3,4D3,5D2,6D2,7D2,12D;2*5D2,6D2,10D2,14D,17D;1D3,5D2,6D2,7D2,12D;4D3,5D2,6D2. The van der Waals surface area contributed by atoms with Crippen molar-refractivity contribution < 1.29 is 166 Å². The van der Waals surface area contributed by atoms with Crippen LogP contribution in [0.5, 0.6) is 69.0 Å². The summed E-state index contributed by atoms with van der Waals surface area (Å²) < 4.78 is 536. The van der Waals surface area contributed by atoms with Crippen LogP contribution in [-0.2, 0) is 38.2 Å². The molecule has 0 amide bonds. The highest BCUT2D eigenvalue weighted by atomic mass is 16.5. The molecule has 0 aliphatic carbocycles. The van der Waals surface area contributed by atoms with E-state index >= 15 is 0 Å². The van der Waals surface area contributed by atoms with Crippen LogP contribution in [0.15, 0.2) is 72.8 Å². The van der Waals surface area contributed by atoms with Gasteiger partial charge in [-0.3, -0.25) is 29.4 Å². The maximum Gasteiger partial charge on any atom is 0.161 e. The zero-order valence-corrected chi connectivity index (χ0v) is 81.6. The number of methoxy groups -OCH3 is 12. The minimum Gasteiger partial charge on any atom is -0.493 e. The van der Waals surface area contributed by atoms with E-state index in [-0.39, 0.29) is 188 Å². The molecule has 0 aromatic heterocycles. The van der Waals surface area contributed by atoms with Crippen LogP contribution in [0.4, 0.5) is 0 Å². The van der Waals surface area contributed by atoms with Crippen LogP contribution < -0.4 is 56.8 Å². The van der Waals surface area contributed by atoms with Gasteiger partial charge in [-0.2, -0.15) is 0 Å². The van der Waals surface area contributed by atoms with Crippen molar-refractivity contribution in [2.45, 2.75) is 271 Å². The molecule has 24 heteroatoms. The Labute approximate surface area is 907 Å². The number of piperidine rings is 6. The molecular formula is C114H174N6O18. The van der Waals surface area contributed by atoms with E-state index in [1.165, 1.54) is 123 Å². The number of nitrogens with zero attached hydrogens (tertiary/aromatic N) is 6. The molecule has 6 N–H and O–H groups in total. The van der Waals surface area contributed by atoms with E-state index in [0.717, 1.165) is 56.5 Å². The largest absolute Gasteiger partial charge is 0.493 e. The molecule has 12 aliphatic rings. The Bertz CT molecular complexity index is 7560. The molecule has 24 nitrogen and oxygen atoms in total. The molecule has 0 saturated carbocycles. The summed E-state index contributed by atoms with van der Waals surface area (Å²) in [6, 6.07) is 8.16. The van der Waals surface area contributed by atoms with Gasteiger partial charge in [0.05, 0.1) is 138 Å². The summed E-state index contributed by atoms with van der Waals surface area (Å²) in [6.45, 7) is -8.21. The molecule has 6 saturated heterocycles. The van der Waals surface area contributed by atoms with Crippen LogP contribution in [0.2, 0.25) is 0 Å². The van der Waals surface area contributed by atoms with Crippen LogP contribution in [0.3, 0.4) is 0 Å². The van der Waals surface area contributed by atoms with Crippen LogP contribution >= 0.6 is 0 Å². The van der Waals surface area contributed by atoms with Crippen molar-refractivity contribution in [3.8, 4) is 69.0 Å². The number of rotatable bonds is 24. The summed E-state index contributed by atoms with van der Waals surface area (Å²) in [6.07, 6.45) is -41.9. The first-order chi connectivity index (χ1) is 87.7. The van der Waals surface area contributed by atoms with Gasteiger partial charge in [0, 0.05) is 176 Å². The van der Waals surface area contributed by atoms with Crippen molar-refractivity contribution in [3.63, 3.8) is 0 Å². The normalized spacial score (nSPS) is 43.8. The molecule has 20 unspecified atom stereocenters. The van der Waals surface area contributed by atoms with Crippen molar-refractivity contribution >= 4 is 0 Å². The lowest BCUT2D eigenvalue weighted by Gasteiger charge is -2.46. The second-order valence-electron chi connectivity index (χ2n) is 37.1. The van der Waals surface area contributed by atoms with Gasteiger partial charge in [-0.1, -0.05) is 82.9 Å². The second kappa shape index (κ2) is 49.1. The number of aliphatic hydroxyl groups excluding tert-OH is 3. The predicted octanol–water partition coefficient (Wildman–Crippen LogP) is 18.2. The second-order valence-corrected chi connectivity index (χ2v) is 37.1. The fourth-order valence-corrected chi connectivity index (χ4v) is 19.1. The lowest BCUT2D eigenvalue weighted by molar-refractivity contribution is -0.0192. The molecule has 12 aliphatic heterocycles. The first kappa shape index (κ1) is 54.9. The SMILES string of the molecule is [2H]C([2H])([2H])C([2H])(C)C([2H])([2H])C1CN2C(CC1O)c1cc(OC)c(OC)cc1C([2H])([2H])C2([2H])[2H].[2H]C([2H])([2H])Oc1cc2c(cc1OC)C([2H])([2H])C([2H])([2H])N1CC(C([2H])([2H])C([2H])(C)C([2H])([2H])[2H])C(O)CC21.[2H]C([2H])([2H])Oc1cc2c(cc1OC)C([2H])([2H])C([2H])([2H])N1CC(CC(C)C)C(O)CC21.[2H]C([2H])([2H])Oc1cc2c(cc1OC)C([2H])([2H])C([2H])([2H])N1CC([2H])(CC(C)C)C([2H])(O)C([2H])([2H])C21.[2H]C1(CC(C)C)CN2C(c3cc(OC)c(OC)cc3C([2H])([2H])C2([2H])[2H])C([2H])([2H])C1([2H])O.[2H]C1(CC(C)C)CN2C(c3cc(OC)c(OC)cc3C([2H])([2H])C2([2H])[2H])C([2H])([2H])C1([2H])O. The molecule has 18 rings (SSSR count). The maximum atomic E-state index is 11.1. The highest BCUT2D eigenvalue weighted by Gasteiger charge is 2.47. The summed E-state index contributed by atoms with van der Waals surface area (Å²) in [5, 5.41) is 65.9. The van der Waals surface area contributed by atoms with Gasteiger partial charge in [-0.25, -0.2) is 0 Å². The summed E-state index contributed by atoms with van der Waals surface area (Å²) in [5.41, 5.74) is 0.188. The Balaban J connectivity index is 0.000000189. The smallest absolute Gasteiger partial charge is 0.161 e. The van der Waals surface area contributed by atoms with E-state index in [1.54, 1.807) is 41.5 Å². The van der Waals surface area contributed by atoms with E-state index in [0.29, 0.717) is 29.2 Å². The third kappa shape index (κ3) is 25.4. The topological polar surface area (TPSA) is 252 Å². The lowest BCUT2D eigenvalue weighted by atomic mass is 9.79. The highest BCUT2D eigenvalue weighted by molar-refractivity contribution is 5.55.